The van der Waals surface area contributed by atoms with E-state index in [1.165, 1.54) is 0 Å². The highest BCUT2D eigenvalue weighted by Gasteiger charge is 2.24. The zero-order chi connectivity index (χ0) is 9.80. The van der Waals surface area contributed by atoms with Gasteiger partial charge in [-0.05, 0) is 25.0 Å². The number of rotatable bonds is 2. The molecule has 76 valence electrons. The molecule has 1 aliphatic carbocycles. The Hall–Kier alpha value is -1.05. The van der Waals surface area contributed by atoms with E-state index in [1.54, 1.807) is 0 Å². The monoisotopic (exact) mass is 193 g/mol. The molecule has 0 bridgehead atoms. The second kappa shape index (κ2) is 4.45. The Morgan fingerprint density at radius 2 is 1.79 bits per heavy atom. The fourth-order valence-electron chi connectivity index (χ4n) is 2.00. The van der Waals surface area contributed by atoms with Gasteiger partial charge < -0.3 is 5.32 Å². The lowest BCUT2D eigenvalue weighted by Gasteiger charge is -2.27. The Bertz CT molecular complexity index is 273. The first kappa shape index (κ1) is 9.50. The van der Waals surface area contributed by atoms with Crippen molar-refractivity contribution >= 4 is 5.69 Å². The van der Waals surface area contributed by atoms with Crippen LogP contribution < -0.4 is 5.32 Å². The number of nitrogens with one attached hydrogen (secondary N) is 1. The van der Waals surface area contributed by atoms with Crippen molar-refractivity contribution in [3.05, 3.63) is 30.3 Å². The van der Waals surface area contributed by atoms with Crippen molar-refractivity contribution < 1.29 is 4.39 Å². The van der Waals surface area contributed by atoms with Crippen LogP contribution in [0.25, 0.3) is 0 Å². The average Bonchev–Trinajstić information content (AvgIpc) is 2.23. The summed E-state index contributed by atoms with van der Waals surface area (Å²) in [5.74, 6) is 0. The highest BCUT2D eigenvalue weighted by atomic mass is 19.1. The van der Waals surface area contributed by atoms with Crippen LogP contribution in [0.1, 0.15) is 25.7 Å². The molecular formula is C12H16FN. The zero-order valence-corrected chi connectivity index (χ0v) is 8.25. The first-order valence-corrected chi connectivity index (χ1v) is 5.32. The van der Waals surface area contributed by atoms with Gasteiger partial charge in [0.25, 0.3) is 0 Å². The molecule has 0 saturated heterocycles. The standard InChI is InChI=1S/C12H16FN/c13-11-8-4-5-9-12(11)14-10-6-2-1-3-7-10/h1-3,6-7,11-12,14H,4-5,8-9H2/t11-,12-/m1/s1. The normalized spacial score (nSPS) is 27.2. The van der Waals surface area contributed by atoms with Crippen molar-refractivity contribution in [2.75, 3.05) is 5.32 Å². The molecule has 0 heterocycles. The van der Waals surface area contributed by atoms with Crippen LogP contribution in [0.2, 0.25) is 0 Å². The van der Waals surface area contributed by atoms with Crippen molar-refractivity contribution in [1.29, 1.82) is 0 Å². The van der Waals surface area contributed by atoms with Crippen LogP contribution >= 0.6 is 0 Å². The molecule has 14 heavy (non-hydrogen) atoms. The molecule has 1 saturated carbocycles. The van der Waals surface area contributed by atoms with Gasteiger partial charge in [0, 0.05) is 5.69 Å². The summed E-state index contributed by atoms with van der Waals surface area (Å²) in [4.78, 5) is 0. The molecule has 0 unspecified atom stereocenters. The average molecular weight is 193 g/mol. The molecule has 0 spiro atoms. The quantitative estimate of drug-likeness (QED) is 0.759. The Morgan fingerprint density at radius 3 is 2.50 bits per heavy atom. The van der Waals surface area contributed by atoms with Crippen molar-refractivity contribution in [3.63, 3.8) is 0 Å². The maximum atomic E-state index is 13.5. The Balaban J connectivity index is 1.96. The predicted molar refractivity (Wildman–Crippen MR) is 57.2 cm³/mol. The summed E-state index contributed by atoms with van der Waals surface area (Å²) in [5.41, 5.74) is 1.03. The van der Waals surface area contributed by atoms with Crippen LogP contribution in [-0.2, 0) is 0 Å². The number of alkyl halides is 1. The molecule has 0 amide bonds. The van der Waals surface area contributed by atoms with Gasteiger partial charge in [0.15, 0.2) is 0 Å². The molecule has 0 radical (unpaired) electrons. The van der Waals surface area contributed by atoms with Gasteiger partial charge in [-0.15, -0.1) is 0 Å². The molecular weight excluding hydrogens is 177 g/mol. The maximum Gasteiger partial charge on any atom is 0.120 e. The second-order valence-corrected chi connectivity index (χ2v) is 3.92. The van der Waals surface area contributed by atoms with E-state index in [1.807, 2.05) is 30.3 Å². The number of benzene rings is 1. The van der Waals surface area contributed by atoms with Crippen molar-refractivity contribution in [1.82, 2.24) is 0 Å². The number of halogens is 1. The Kier molecular flexibility index (Phi) is 3.02. The van der Waals surface area contributed by atoms with Crippen molar-refractivity contribution in [2.24, 2.45) is 0 Å². The summed E-state index contributed by atoms with van der Waals surface area (Å²) >= 11 is 0. The molecule has 1 aromatic carbocycles. The molecule has 1 fully saturated rings. The molecule has 1 N–H and O–H groups in total. The van der Waals surface area contributed by atoms with E-state index in [-0.39, 0.29) is 6.04 Å². The van der Waals surface area contributed by atoms with Crippen LogP contribution in [0.4, 0.5) is 10.1 Å². The highest BCUT2D eigenvalue weighted by molar-refractivity contribution is 5.43. The first-order valence-electron chi connectivity index (χ1n) is 5.32. The number of anilines is 1. The van der Waals surface area contributed by atoms with Crippen LogP contribution in [-0.4, -0.2) is 12.2 Å². The molecule has 2 heteroatoms. The first-order chi connectivity index (χ1) is 6.86. The van der Waals surface area contributed by atoms with Gasteiger partial charge >= 0.3 is 0 Å². The zero-order valence-electron chi connectivity index (χ0n) is 8.25. The van der Waals surface area contributed by atoms with E-state index in [4.69, 9.17) is 0 Å². The van der Waals surface area contributed by atoms with Crippen LogP contribution in [0.5, 0.6) is 0 Å². The number of hydrogen-bond donors (Lipinski definition) is 1. The van der Waals surface area contributed by atoms with Crippen molar-refractivity contribution in [2.45, 2.75) is 37.9 Å². The van der Waals surface area contributed by atoms with Gasteiger partial charge in [0.05, 0.1) is 6.04 Å². The topological polar surface area (TPSA) is 12.0 Å². The Morgan fingerprint density at radius 1 is 1.07 bits per heavy atom. The Labute approximate surface area is 84.3 Å². The molecule has 1 nitrogen and oxygen atoms in total. The number of para-hydroxylation sites is 1. The molecule has 1 aliphatic rings. The molecule has 2 rings (SSSR count). The summed E-state index contributed by atoms with van der Waals surface area (Å²) in [6.07, 6.45) is 3.17. The third kappa shape index (κ3) is 2.25. The minimum Gasteiger partial charge on any atom is -0.379 e. The molecule has 0 aromatic heterocycles. The van der Waals surface area contributed by atoms with Crippen LogP contribution in [0.15, 0.2) is 30.3 Å². The van der Waals surface area contributed by atoms with Gasteiger partial charge in [-0.25, -0.2) is 4.39 Å². The number of hydrogen-bond acceptors (Lipinski definition) is 1. The third-order valence-corrected chi connectivity index (χ3v) is 2.81. The van der Waals surface area contributed by atoms with Gasteiger partial charge in [-0.2, -0.15) is 0 Å². The van der Waals surface area contributed by atoms with E-state index in [0.717, 1.165) is 24.9 Å². The third-order valence-electron chi connectivity index (χ3n) is 2.81. The SMILES string of the molecule is F[C@@H]1CCCC[C@H]1Nc1ccccc1. The molecule has 2 atom stereocenters. The summed E-state index contributed by atoms with van der Waals surface area (Å²) in [5, 5.41) is 3.26. The second-order valence-electron chi connectivity index (χ2n) is 3.92. The summed E-state index contributed by atoms with van der Waals surface area (Å²) in [7, 11) is 0. The predicted octanol–water partition coefficient (Wildman–Crippen LogP) is 3.38. The lowest BCUT2D eigenvalue weighted by atomic mass is 9.93. The lowest BCUT2D eigenvalue weighted by Crippen LogP contribution is -2.33. The van der Waals surface area contributed by atoms with Crippen LogP contribution in [0, 0.1) is 0 Å². The fraction of sp³-hybridized carbons (Fsp3) is 0.500. The largest absolute Gasteiger partial charge is 0.379 e. The van der Waals surface area contributed by atoms with E-state index in [0.29, 0.717) is 6.42 Å². The van der Waals surface area contributed by atoms with E-state index >= 15 is 0 Å². The molecule has 1 aromatic rings. The smallest absolute Gasteiger partial charge is 0.120 e. The van der Waals surface area contributed by atoms with Crippen LogP contribution in [0.3, 0.4) is 0 Å². The summed E-state index contributed by atoms with van der Waals surface area (Å²) in [6, 6.07) is 9.91. The van der Waals surface area contributed by atoms with E-state index in [2.05, 4.69) is 5.32 Å². The van der Waals surface area contributed by atoms with Gasteiger partial charge in [-0.3, -0.25) is 0 Å². The summed E-state index contributed by atoms with van der Waals surface area (Å²) < 4.78 is 13.5. The summed E-state index contributed by atoms with van der Waals surface area (Å²) in [6.45, 7) is 0. The minimum atomic E-state index is -0.677. The van der Waals surface area contributed by atoms with Gasteiger partial charge in [-0.1, -0.05) is 31.0 Å². The maximum absolute atomic E-state index is 13.5. The van der Waals surface area contributed by atoms with E-state index < -0.39 is 6.17 Å². The molecule has 0 aliphatic heterocycles. The highest BCUT2D eigenvalue weighted by Crippen LogP contribution is 2.24. The van der Waals surface area contributed by atoms with E-state index in [9.17, 15) is 4.39 Å². The minimum absolute atomic E-state index is 0.0196. The fourth-order valence-corrected chi connectivity index (χ4v) is 2.00. The lowest BCUT2D eigenvalue weighted by molar-refractivity contribution is 0.230. The van der Waals surface area contributed by atoms with Crippen molar-refractivity contribution in [3.8, 4) is 0 Å². The van der Waals surface area contributed by atoms with Gasteiger partial charge in [0.1, 0.15) is 6.17 Å². The van der Waals surface area contributed by atoms with Gasteiger partial charge in [0.2, 0.25) is 0 Å².